The summed E-state index contributed by atoms with van der Waals surface area (Å²) in [5, 5.41) is 8.82. The Morgan fingerprint density at radius 1 is 1.53 bits per heavy atom. The highest BCUT2D eigenvalue weighted by molar-refractivity contribution is 6.29. The molecule has 0 saturated heterocycles. The number of aldehydes is 1. The quantitative estimate of drug-likeness (QED) is 0.719. The Balaban J connectivity index is 2.40. The van der Waals surface area contributed by atoms with Crippen LogP contribution in [0.25, 0.3) is 0 Å². The van der Waals surface area contributed by atoms with Crippen LogP contribution in [0.5, 0.6) is 0 Å². The smallest absolute Gasteiger partial charge is 0.177 e. The minimum atomic E-state index is -0.355. The molecule has 4 nitrogen and oxygen atoms in total. The number of nitrogens with zero attached hydrogens (tertiary/aromatic N) is 2. The third-order valence-corrected chi connectivity index (χ3v) is 2.79. The number of ketones is 1. The first-order valence-electron chi connectivity index (χ1n) is 5.29. The van der Waals surface area contributed by atoms with E-state index in [1.165, 1.54) is 6.21 Å². The monoisotopic (exact) mass is 226 g/mol. The molecule has 0 bridgehead atoms. The van der Waals surface area contributed by atoms with E-state index in [2.05, 4.69) is 4.99 Å². The van der Waals surface area contributed by atoms with Crippen molar-refractivity contribution in [2.24, 2.45) is 10.9 Å². The normalized spacial score (nSPS) is 18.1. The fourth-order valence-corrected chi connectivity index (χ4v) is 1.86. The van der Waals surface area contributed by atoms with E-state index in [1.807, 2.05) is 6.07 Å². The topological polar surface area (TPSA) is 70.3 Å². The highest BCUT2D eigenvalue weighted by Gasteiger charge is 2.21. The molecule has 0 fully saturated rings. The van der Waals surface area contributed by atoms with Crippen LogP contribution in [0.2, 0.25) is 0 Å². The lowest BCUT2D eigenvalue weighted by Crippen LogP contribution is -2.17. The van der Waals surface area contributed by atoms with E-state index in [0.29, 0.717) is 17.7 Å². The number of carbonyl (C=O) groups excluding carboxylic acids is 2. The standard InChI is InChI=1S/C13H10N2O2/c14-7-9-1-2-12-11(5-9)6-10(3-4-16)13(17)8-15-12/h1-2,4-5,8,10H,3,6H2. The van der Waals surface area contributed by atoms with Crippen molar-refractivity contribution < 1.29 is 9.59 Å². The second-order valence-corrected chi connectivity index (χ2v) is 3.92. The van der Waals surface area contributed by atoms with Crippen LogP contribution in [0, 0.1) is 17.2 Å². The first-order valence-corrected chi connectivity index (χ1v) is 5.29. The molecule has 1 unspecified atom stereocenters. The average molecular weight is 226 g/mol. The van der Waals surface area contributed by atoms with Crippen molar-refractivity contribution in [3.8, 4) is 6.07 Å². The molecule has 0 saturated carbocycles. The van der Waals surface area contributed by atoms with Gasteiger partial charge in [-0.1, -0.05) is 0 Å². The Labute approximate surface area is 98.6 Å². The van der Waals surface area contributed by atoms with E-state index in [0.717, 1.165) is 11.8 Å². The van der Waals surface area contributed by atoms with Crippen molar-refractivity contribution >= 4 is 24.0 Å². The van der Waals surface area contributed by atoms with Gasteiger partial charge in [-0.15, -0.1) is 0 Å². The molecule has 0 amide bonds. The number of carbonyl (C=O) groups is 2. The second kappa shape index (κ2) is 4.71. The van der Waals surface area contributed by atoms with Gasteiger partial charge < -0.3 is 4.79 Å². The van der Waals surface area contributed by atoms with E-state index in [-0.39, 0.29) is 18.1 Å². The number of nitriles is 1. The summed E-state index contributed by atoms with van der Waals surface area (Å²) in [5.41, 5.74) is 2.09. The molecular formula is C13H10N2O2. The molecule has 1 atom stereocenters. The van der Waals surface area contributed by atoms with Crippen molar-refractivity contribution in [1.82, 2.24) is 0 Å². The number of benzene rings is 1. The number of hydrogen-bond acceptors (Lipinski definition) is 4. The van der Waals surface area contributed by atoms with Gasteiger partial charge >= 0.3 is 0 Å². The molecule has 4 heteroatoms. The van der Waals surface area contributed by atoms with Crippen LogP contribution in [0.3, 0.4) is 0 Å². The second-order valence-electron chi connectivity index (χ2n) is 3.92. The minimum Gasteiger partial charge on any atom is -0.303 e. The van der Waals surface area contributed by atoms with Gasteiger partial charge in [0.05, 0.1) is 23.5 Å². The number of hydrogen-bond donors (Lipinski definition) is 0. The summed E-state index contributed by atoms with van der Waals surface area (Å²) in [6.07, 6.45) is 2.67. The van der Waals surface area contributed by atoms with Crippen LogP contribution >= 0.6 is 0 Å². The van der Waals surface area contributed by atoms with Crippen LogP contribution in [0.1, 0.15) is 17.5 Å². The third kappa shape index (κ3) is 2.28. The maximum absolute atomic E-state index is 11.7. The van der Waals surface area contributed by atoms with Crippen LogP contribution in [-0.4, -0.2) is 18.3 Å². The lowest BCUT2D eigenvalue weighted by molar-refractivity contribution is -0.119. The van der Waals surface area contributed by atoms with Crippen molar-refractivity contribution in [2.45, 2.75) is 12.8 Å². The van der Waals surface area contributed by atoms with Gasteiger partial charge in [-0.05, 0) is 30.2 Å². The predicted octanol–water partition coefficient (Wildman–Crippen LogP) is 1.59. The van der Waals surface area contributed by atoms with Crippen molar-refractivity contribution in [1.29, 1.82) is 5.26 Å². The molecule has 17 heavy (non-hydrogen) atoms. The van der Waals surface area contributed by atoms with E-state index in [1.54, 1.807) is 18.2 Å². The van der Waals surface area contributed by atoms with Gasteiger partial charge in [0.1, 0.15) is 6.29 Å². The van der Waals surface area contributed by atoms with Gasteiger partial charge in [0.15, 0.2) is 5.78 Å². The molecule has 84 valence electrons. The number of rotatable bonds is 2. The molecule has 1 aromatic carbocycles. The molecule has 0 radical (unpaired) electrons. The summed E-state index contributed by atoms with van der Waals surface area (Å²) in [4.78, 5) is 26.2. The predicted molar refractivity (Wildman–Crippen MR) is 62.2 cm³/mol. The lowest BCUT2D eigenvalue weighted by Gasteiger charge is -2.09. The molecular weight excluding hydrogens is 216 g/mol. The molecule has 0 spiro atoms. The third-order valence-electron chi connectivity index (χ3n) is 2.79. The van der Waals surface area contributed by atoms with E-state index in [9.17, 15) is 9.59 Å². The zero-order chi connectivity index (χ0) is 12.3. The van der Waals surface area contributed by atoms with E-state index >= 15 is 0 Å². The SMILES string of the molecule is N#Cc1ccc2c(c1)CC(CC=O)C(=O)C=N2. The van der Waals surface area contributed by atoms with E-state index < -0.39 is 0 Å². The maximum atomic E-state index is 11.7. The molecule has 1 aliphatic heterocycles. The Morgan fingerprint density at radius 2 is 2.35 bits per heavy atom. The Kier molecular flexibility index (Phi) is 3.10. The highest BCUT2D eigenvalue weighted by Crippen LogP contribution is 2.26. The van der Waals surface area contributed by atoms with Crippen LogP contribution < -0.4 is 0 Å². The Bertz CT molecular complexity index is 541. The summed E-state index contributed by atoms with van der Waals surface area (Å²) in [6, 6.07) is 7.16. The zero-order valence-electron chi connectivity index (χ0n) is 9.09. The van der Waals surface area contributed by atoms with Gasteiger partial charge in [-0.2, -0.15) is 5.26 Å². The number of aliphatic imine (C=N–C) groups is 1. The highest BCUT2D eigenvalue weighted by atomic mass is 16.1. The first kappa shape index (κ1) is 11.2. The summed E-state index contributed by atoms with van der Waals surface area (Å²) in [6.45, 7) is 0. The fourth-order valence-electron chi connectivity index (χ4n) is 1.86. The van der Waals surface area contributed by atoms with Gasteiger partial charge in [0.25, 0.3) is 0 Å². The Hall–Kier alpha value is -2.28. The molecule has 0 N–H and O–H groups in total. The number of Topliss-reactive ketones (excluding diaryl/α,β-unsaturated/α-hetero) is 1. The van der Waals surface area contributed by atoms with Crippen molar-refractivity contribution in [3.63, 3.8) is 0 Å². The molecule has 1 heterocycles. The van der Waals surface area contributed by atoms with Gasteiger partial charge in [0.2, 0.25) is 0 Å². The lowest BCUT2D eigenvalue weighted by atomic mass is 9.93. The fraction of sp³-hybridized carbons (Fsp3) is 0.231. The average Bonchev–Trinajstić information content (AvgIpc) is 2.50. The van der Waals surface area contributed by atoms with Gasteiger partial charge in [0, 0.05) is 12.3 Å². The zero-order valence-corrected chi connectivity index (χ0v) is 9.09. The summed E-state index contributed by atoms with van der Waals surface area (Å²) in [5.74, 6) is -0.488. The van der Waals surface area contributed by atoms with Gasteiger partial charge in [-0.25, -0.2) is 0 Å². The summed E-state index contributed by atoms with van der Waals surface area (Å²) < 4.78 is 0. The molecule has 2 rings (SSSR count). The van der Waals surface area contributed by atoms with Crippen molar-refractivity contribution in [3.05, 3.63) is 29.3 Å². The Morgan fingerprint density at radius 3 is 3.06 bits per heavy atom. The van der Waals surface area contributed by atoms with Crippen LogP contribution in [-0.2, 0) is 16.0 Å². The molecule has 1 aliphatic rings. The molecule has 0 aromatic heterocycles. The van der Waals surface area contributed by atoms with Gasteiger partial charge in [-0.3, -0.25) is 9.79 Å². The first-order chi connectivity index (χ1) is 8.24. The largest absolute Gasteiger partial charge is 0.303 e. The van der Waals surface area contributed by atoms with Crippen LogP contribution in [0.4, 0.5) is 5.69 Å². The van der Waals surface area contributed by atoms with Crippen molar-refractivity contribution in [2.75, 3.05) is 0 Å². The summed E-state index contributed by atoms with van der Waals surface area (Å²) >= 11 is 0. The minimum absolute atomic E-state index is 0.133. The molecule has 0 aliphatic carbocycles. The number of fused-ring (bicyclic) bond motifs is 1. The summed E-state index contributed by atoms with van der Waals surface area (Å²) in [7, 11) is 0. The van der Waals surface area contributed by atoms with E-state index in [4.69, 9.17) is 5.26 Å². The van der Waals surface area contributed by atoms with Crippen LogP contribution in [0.15, 0.2) is 23.2 Å². The molecule has 1 aromatic rings. The maximum Gasteiger partial charge on any atom is 0.177 e.